The molecule has 1 amide bonds. The summed E-state index contributed by atoms with van der Waals surface area (Å²) in [6, 6.07) is 14.8. The molecule has 2 N–H and O–H groups in total. The van der Waals surface area contributed by atoms with E-state index in [-0.39, 0.29) is 11.3 Å². The Balaban J connectivity index is 1.96. The predicted octanol–water partition coefficient (Wildman–Crippen LogP) is 3.86. The quantitative estimate of drug-likeness (QED) is 0.581. The summed E-state index contributed by atoms with van der Waals surface area (Å²) in [5.41, 5.74) is 2.99. The molecular formula is C22H21N3O2. The number of benzene rings is 2. The van der Waals surface area contributed by atoms with Crippen LogP contribution in [0.25, 0.3) is 27.5 Å². The molecule has 0 aliphatic carbocycles. The second kappa shape index (κ2) is 6.76. The number of nitrogens with zero attached hydrogens (tertiary/aromatic N) is 1. The molecule has 5 nitrogen and oxygen atoms in total. The van der Waals surface area contributed by atoms with Crippen LogP contribution < -0.4 is 10.7 Å². The molecule has 0 spiro atoms. The number of fused-ring (bicyclic) bond motifs is 2. The van der Waals surface area contributed by atoms with E-state index in [1.54, 1.807) is 12.3 Å². The molecule has 5 heteroatoms. The number of para-hydroxylation sites is 1. The number of rotatable bonds is 4. The lowest BCUT2D eigenvalue weighted by Gasteiger charge is -2.16. The van der Waals surface area contributed by atoms with Gasteiger partial charge in [-0.1, -0.05) is 26.0 Å². The Kier molecular flexibility index (Phi) is 4.28. The van der Waals surface area contributed by atoms with Gasteiger partial charge in [-0.15, -0.1) is 0 Å². The summed E-state index contributed by atoms with van der Waals surface area (Å²) >= 11 is 0. The highest BCUT2D eigenvalue weighted by Gasteiger charge is 2.16. The first-order valence-corrected chi connectivity index (χ1v) is 9.04. The van der Waals surface area contributed by atoms with Crippen molar-refractivity contribution in [2.75, 3.05) is 6.54 Å². The Bertz CT molecular complexity index is 1200. The van der Waals surface area contributed by atoms with Crippen LogP contribution in [0, 0.1) is 5.92 Å². The largest absolute Gasteiger partial charge is 0.361 e. The van der Waals surface area contributed by atoms with E-state index in [0.29, 0.717) is 23.4 Å². The van der Waals surface area contributed by atoms with Gasteiger partial charge in [0.2, 0.25) is 0 Å². The van der Waals surface area contributed by atoms with Crippen LogP contribution in [-0.2, 0) is 0 Å². The zero-order valence-corrected chi connectivity index (χ0v) is 15.3. The molecule has 0 radical (unpaired) electrons. The maximum atomic E-state index is 12.9. The molecule has 0 bridgehead atoms. The van der Waals surface area contributed by atoms with E-state index in [1.165, 1.54) is 6.07 Å². The average molecular weight is 359 g/mol. The van der Waals surface area contributed by atoms with Gasteiger partial charge in [0, 0.05) is 41.3 Å². The van der Waals surface area contributed by atoms with Gasteiger partial charge in [0.25, 0.3) is 5.91 Å². The summed E-state index contributed by atoms with van der Waals surface area (Å²) in [6.07, 6.45) is 3.59. The van der Waals surface area contributed by atoms with Crippen LogP contribution in [0.3, 0.4) is 0 Å². The first-order valence-electron chi connectivity index (χ1n) is 9.04. The van der Waals surface area contributed by atoms with Crippen LogP contribution in [0.5, 0.6) is 0 Å². The fourth-order valence-corrected chi connectivity index (χ4v) is 3.28. The molecule has 2 heterocycles. The second-order valence-electron chi connectivity index (χ2n) is 7.11. The van der Waals surface area contributed by atoms with Crippen LogP contribution >= 0.6 is 0 Å². The number of carbonyl (C=O) groups is 1. The van der Waals surface area contributed by atoms with Crippen molar-refractivity contribution in [3.63, 3.8) is 0 Å². The van der Waals surface area contributed by atoms with Gasteiger partial charge in [-0.3, -0.25) is 9.59 Å². The lowest BCUT2D eigenvalue weighted by Crippen LogP contribution is -2.28. The Labute approximate surface area is 156 Å². The van der Waals surface area contributed by atoms with Crippen LogP contribution in [0.4, 0.5) is 0 Å². The molecule has 4 rings (SSSR count). The van der Waals surface area contributed by atoms with Gasteiger partial charge < -0.3 is 14.9 Å². The maximum absolute atomic E-state index is 12.9. The molecule has 0 atom stereocenters. The molecule has 0 saturated heterocycles. The van der Waals surface area contributed by atoms with Crippen molar-refractivity contribution >= 4 is 27.7 Å². The zero-order valence-electron chi connectivity index (χ0n) is 15.3. The minimum Gasteiger partial charge on any atom is -0.361 e. The number of amides is 1. The lowest BCUT2D eigenvalue weighted by atomic mass is 10.1. The van der Waals surface area contributed by atoms with Crippen molar-refractivity contribution < 1.29 is 4.79 Å². The number of hydrogen-bond acceptors (Lipinski definition) is 2. The average Bonchev–Trinajstić information content (AvgIpc) is 3.13. The Morgan fingerprint density at radius 3 is 2.78 bits per heavy atom. The summed E-state index contributed by atoms with van der Waals surface area (Å²) in [6.45, 7) is 4.73. The molecule has 2 aromatic heterocycles. The first kappa shape index (κ1) is 17.1. The summed E-state index contributed by atoms with van der Waals surface area (Å²) < 4.78 is 1.90. The van der Waals surface area contributed by atoms with E-state index < -0.39 is 0 Å². The minimum absolute atomic E-state index is 0.0337. The van der Waals surface area contributed by atoms with Crippen LogP contribution in [0.1, 0.15) is 24.2 Å². The molecule has 0 fully saturated rings. The highest BCUT2D eigenvalue weighted by atomic mass is 16.1. The monoisotopic (exact) mass is 359 g/mol. The predicted molar refractivity (Wildman–Crippen MR) is 109 cm³/mol. The topological polar surface area (TPSA) is 66.9 Å². The van der Waals surface area contributed by atoms with Crippen molar-refractivity contribution in [1.82, 2.24) is 14.9 Å². The normalized spacial score (nSPS) is 11.4. The summed E-state index contributed by atoms with van der Waals surface area (Å²) in [4.78, 5) is 28.3. The molecule has 2 aromatic carbocycles. The Hall–Kier alpha value is -3.34. The summed E-state index contributed by atoms with van der Waals surface area (Å²) in [7, 11) is 0. The van der Waals surface area contributed by atoms with Crippen molar-refractivity contribution in [2.45, 2.75) is 13.8 Å². The standard InChI is InChI=1S/C22H21N3O2/c1-14(2)13-24-22(27)17-11-15-7-9-23-18(15)12-20(17)25-10-8-21(26)16-5-3-4-6-19(16)25/h3-12,14,23H,13H2,1-2H3,(H,24,27). The number of nitrogens with one attached hydrogen (secondary N) is 2. The van der Waals surface area contributed by atoms with E-state index >= 15 is 0 Å². The summed E-state index contributed by atoms with van der Waals surface area (Å²) in [5, 5.41) is 4.60. The number of carbonyl (C=O) groups excluding carboxylic acids is 1. The fourth-order valence-electron chi connectivity index (χ4n) is 3.28. The highest BCUT2D eigenvalue weighted by Crippen LogP contribution is 2.25. The third-order valence-corrected chi connectivity index (χ3v) is 4.65. The van der Waals surface area contributed by atoms with Gasteiger partial charge in [0.1, 0.15) is 0 Å². The Morgan fingerprint density at radius 1 is 1.15 bits per heavy atom. The number of aromatic nitrogens is 2. The van der Waals surface area contributed by atoms with Crippen molar-refractivity contribution in [2.24, 2.45) is 5.92 Å². The second-order valence-corrected chi connectivity index (χ2v) is 7.11. The molecule has 4 aromatic rings. The number of hydrogen-bond donors (Lipinski definition) is 2. The van der Waals surface area contributed by atoms with E-state index in [1.807, 2.05) is 47.2 Å². The van der Waals surface area contributed by atoms with Gasteiger partial charge in [0.15, 0.2) is 5.43 Å². The van der Waals surface area contributed by atoms with Crippen LogP contribution in [0.2, 0.25) is 0 Å². The van der Waals surface area contributed by atoms with E-state index in [0.717, 1.165) is 22.1 Å². The van der Waals surface area contributed by atoms with Crippen LogP contribution in [0.15, 0.2) is 65.7 Å². The third kappa shape index (κ3) is 3.12. The molecule has 0 saturated carbocycles. The molecule has 0 aliphatic rings. The van der Waals surface area contributed by atoms with Crippen molar-refractivity contribution in [3.05, 3.63) is 76.7 Å². The Morgan fingerprint density at radius 2 is 1.96 bits per heavy atom. The smallest absolute Gasteiger partial charge is 0.253 e. The number of pyridine rings is 1. The van der Waals surface area contributed by atoms with Gasteiger partial charge in [-0.25, -0.2) is 0 Å². The fraction of sp³-hybridized carbons (Fsp3) is 0.182. The zero-order chi connectivity index (χ0) is 19.0. The highest BCUT2D eigenvalue weighted by molar-refractivity contribution is 6.02. The third-order valence-electron chi connectivity index (χ3n) is 4.65. The van der Waals surface area contributed by atoms with Crippen LogP contribution in [-0.4, -0.2) is 22.0 Å². The van der Waals surface area contributed by atoms with E-state index in [9.17, 15) is 9.59 Å². The molecule has 27 heavy (non-hydrogen) atoms. The van der Waals surface area contributed by atoms with Gasteiger partial charge >= 0.3 is 0 Å². The van der Waals surface area contributed by atoms with E-state index in [4.69, 9.17) is 0 Å². The molecule has 136 valence electrons. The van der Waals surface area contributed by atoms with Gasteiger partial charge in [-0.2, -0.15) is 0 Å². The van der Waals surface area contributed by atoms with Crippen molar-refractivity contribution in [1.29, 1.82) is 0 Å². The minimum atomic E-state index is -0.121. The number of H-pyrrole nitrogens is 1. The van der Waals surface area contributed by atoms with E-state index in [2.05, 4.69) is 24.1 Å². The van der Waals surface area contributed by atoms with Crippen molar-refractivity contribution in [3.8, 4) is 5.69 Å². The number of aromatic amines is 1. The maximum Gasteiger partial charge on any atom is 0.253 e. The first-order chi connectivity index (χ1) is 13.0. The molecule has 0 unspecified atom stereocenters. The lowest BCUT2D eigenvalue weighted by molar-refractivity contribution is 0.0949. The SMILES string of the molecule is CC(C)CNC(=O)c1cc2cc[nH]c2cc1-n1ccc(=O)c2ccccc21. The molecule has 0 aliphatic heterocycles. The summed E-state index contributed by atoms with van der Waals surface area (Å²) in [5.74, 6) is 0.242. The van der Waals surface area contributed by atoms with Gasteiger partial charge in [-0.05, 0) is 36.2 Å². The van der Waals surface area contributed by atoms with Gasteiger partial charge in [0.05, 0.1) is 16.8 Å². The molecular weight excluding hydrogens is 338 g/mol.